The molecule has 0 radical (unpaired) electrons. The number of rotatable bonds is 5. The minimum Gasteiger partial charge on any atom is -0.504 e. The summed E-state index contributed by atoms with van der Waals surface area (Å²) in [6.45, 7) is 1.75. The average Bonchev–Trinajstić information content (AvgIpc) is 2.26. The number of carbonyl (C=O) groups is 1. The normalized spacial score (nSPS) is 10.3. The Balaban J connectivity index is 2.93. The Morgan fingerprint density at radius 2 is 2.18 bits per heavy atom. The van der Waals surface area contributed by atoms with E-state index in [9.17, 15) is 9.90 Å². The second-order valence-electron chi connectivity index (χ2n) is 3.77. The molecule has 1 rings (SSSR count). The van der Waals surface area contributed by atoms with Crippen molar-refractivity contribution in [2.24, 2.45) is 0 Å². The Morgan fingerprint density at radius 3 is 2.71 bits per heavy atom. The summed E-state index contributed by atoms with van der Waals surface area (Å²) in [5.74, 6) is -0.461. The number of carboxylic acids is 1. The standard InChI is InChI=1S/C12H15ClO4/c1-7-9(13)6-8(4-3-5-10(14)15)11(16)12(7)17-2/h6,16H,3-5H2,1-2H3,(H,14,15). The van der Waals surface area contributed by atoms with E-state index in [0.717, 1.165) is 0 Å². The first-order chi connectivity index (χ1) is 7.97. The topological polar surface area (TPSA) is 66.8 Å². The molecule has 0 bridgehead atoms. The SMILES string of the molecule is COc1c(C)c(Cl)cc(CCCC(=O)O)c1O. The molecule has 0 aliphatic heterocycles. The van der Waals surface area contributed by atoms with Crippen LogP contribution in [-0.2, 0) is 11.2 Å². The van der Waals surface area contributed by atoms with Crippen LogP contribution in [0.15, 0.2) is 6.07 Å². The first-order valence-corrected chi connectivity index (χ1v) is 5.62. The molecule has 0 spiro atoms. The first kappa shape index (κ1) is 13.6. The van der Waals surface area contributed by atoms with Crippen molar-refractivity contribution in [3.63, 3.8) is 0 Å². The van der Waals surface area contributed by atoms with E-state index < -0.39 is 5.97 Å². The number of carboxylic acid groups (broad SMARTS) is 1. The summed E-state index contributed by atoms with van der Waals surface area (Å²) in [5.41, 5.74) is 1.28. The van der Waals surface area contributed by atoms with Gasteiger partial charge >= 0.3 is 5.97 Å². The molecule has 5 heteroatoms. The monoisotopic (exact) mass is 258 g/mol. The van der Waals surface area contributed by atoms with Crippen LogP contribution in [0, 0.1) is 6.92 Å². The van der Waals surface area contributed by atoms with Crippen LogP contribution in [0.25, 0.3) is 0 Å². The minimum atomic E-state index is -0.852. The fraction of sp³-hybridized carbons (Fsp3) is 0.417. The largest absolute Gasteiger partial charge is 0.504 e. The molecule has 0 aliphatic carbocycles. The number of hydrogen-bond donors (Lipinski definition) is 2. The number of phenolic OH excluding ortho intramolecular Hbond substituents is 1. The van der Waals surface area contributed by atoms with Crippen LogP contribution in [0.5, 0.6) is 11.5 Å². The molecule has 0 saturated carbocycles. The number of phenols is 1. The predicted molar refractivity (Wildman–Crippen MR) is 65.0 cm³/mol. The number of hydrogen-bond acceptors (Lipinski definition) is 3. The Bertz CT molecular complexity index is 429. The summed E-state index contributed by atoms with van der Waals surface area (Å²) in [6.07, 6.45) is 0.965. The van der Waals surface area contributed by atoms with Crippen molar-refractivity contribution in [2.45, 2.75) is 26.2 Å². The van der Waals surface area contributed by atoms with Crippen molar-refractivity contribution in [3.05, 3.63) is 22.2 Å². The highest BCUT2D eigenvalue weighted by atomic mass is 35.5. The molecule has 0 atom stereocenters. The lowest BCUT2D eigenvalue weighted by Gasteiger charge is -2.13. The summed E-state index contributed by atoms with van der Waals surface area (Å²) >= 11 is 6.00. The van der Waals surface area contributed by atoms with Crippen molar-refractivity contribution in [2.75, 3.05) is 7.11 Å². The van der Waals surface area contributed by atoms with Crippen molar-refractivity contribution in [1.82, 2.24) is 0 Å². The fourth-order valence-corrected chi connectivity index (χ4v) is 1.85. The van der Waals surface area contributed by atoms with E-state index >= 15 is 0 Å². The minimum absolute atomic E-state index is 0.0415. The molecule has 0 aliphatic rings. The van der Waals surface area contributed by atoms with Gasteiger partial charge in [-0.3, -0.25) is 4.79 Å². The molecule has 0 aromatic heterocycles. The molecule has 1 aromatic rings. The van der Waals surface area contributed by atoms with Crippen molar-refractivity contribution in [3.8, 4) is 11.5 Å². The van der Waals surface area contributed by atoms with E-state index in [2.05, 4.69) is 0 Å². The van der Waals surface area contributed by atoms with Gasteiger partial charge in [0, 0.05) is 17.0 Å². The Hall–Kier alpha value is -1.42. The molecule has 1 aromatic carbocycles. The van der Waals surface area contributed by atoms with Gasteiger partial charge in [-0.05, 0) is 31.4 Å². The van der Waals surface area contributed by atoms with Gasteiger partial charge in [-0.1, -0.05) is 11.6 Å². The third kappa shape index (κ3) is 3.27. The number of ether oxygens (including phenoxy) is 1. The van der Waals surface area contributed by atoms with Gasteiger partial charge in [0.05, 0.1) is 7.11 Å². The summed E-state index contributed by atoms with van der Waals surface area (Å²) in [4.78, 5) is 10.4. The molecule has 0 amide bonds. The highest BCUT2D eigenvalue weighted by molar-refractivity contribution is 6.31. The average molecular weight is 259 g/mol. The molecule has 0 fully saturated rings. The van der Waals surface area contributed by atoms with Crippen molar-refractivity contribution >= 4 is 17.6 Å². The van der Waals surface area contributed by atoms with Gasteiger partial charge in [-0.25, -0.2) is 0 Å². The van der Waals surface area contributed by atoms with Gasteiger partial charge in [-0.2, -0.15) is 0 Å². The maximum absolute atomic E-state index is 10.4. The Morgan fingerprint density at radius 1 is 1.53 bits per heavy atom. The number of aromatic hydroxyl groups is 1. The van der Waals surface area contributed by atoms with E-state index in [0.29, 0.717) is 34.7 Å². The van der Waals surface area contributed by atoms with Gasteiger partial charge in [0.25, 0.3) is 0 Å². The zero-order valence-electron chi connectivity index (χ0n) is 9.79. The maximum atomic E-state index is 10.4. The van der Waals surface area contributed by atoms with Crippen LogP contribution >= 0.6 is 11.6 Å². The molecule has 0 heterocycles. The predicted octanol–water partition coefficient (Wildman–Crippen LogP) is 2.77. The number of halogens is 1. The molecular formula is C12H15ClO4. The molecule has 0 unspecified atom stereocenters. The molecular weight excluding hydrogens is 244 g/mol. The molecule has 4 nitrogen and oxygen atoms in total. The van der Waals surface area contributed by atoms with Crippen LogP contribution in [0.4, 0.5) is 0 Å². The maximum Gasteiger partial charge on any atom is 0.303 e. The zero-order valence-corrected chi connectivity index (χ0v) is 10.5. The lowest BCUT2D eigenvalue weighted by molar-refractivity contribution is -0.137. The number of benzene rings is 1. The van der Waals surface area contributed by atoms with E-state index in [1.165, 1.54) is 7.11 Å². The van der Waals surface area contributed by atoms with Crippen molar-refractivity contribution < 1.29 is 19.7 Å². The highest BCUT2D eigenvalue weighted by Gasteiger charge is 2.14. The molecule has 94 valence electrons. The van der Waals surface area contributed by atoms with Crippen molar-refractivity contribution in [1.29, 1.82) is 0 Å². The molecule has 2 N–H and O–H groups in total. The number of aliphatic carboxylic acids is 1. The van der Waals surface area contributed by atoms with E-state index in [1.807, 2.05) is 0 Å². The van der Waals surface area contributed by atoms with Gasteiger partial charge in [0.2, 0.25) is 0 Å². The second-order valence-corrected chi connectivity index (χ2v) is 4.18. The van der Waals surface area contributed by atoms with E-state index in [4.69, 9.17) is 21.4 Å². The number of aryl methyl sites for hydroxylation is 1. The van der Waals surface area contributed by atoms with Crippen LogP contribution in [0.2, 0.25) is 5.02 Å². The smallest absolute Gasteiger partial charge is 0.303 e. The molecule has 17 heavy (non-hydrogen) atoms. The third-order valence-corrected chi connectivity index (χ3v) is 2.95. The second kappa shape index (κ2) is 5.77. The lowest BCUT2D eigenvalue weighted by Crippen LogP contribution is -1.98. The summed E-state index contributed by atoms with van der Waals surface area (Å²) < 4.78 is 5.07. The number of methoxy groups -OCH3 is 1. The van der Waals surface area contributed by atoms with Gasteiger partial charge in [0.15, 0.2) is 11.5 Å². The van der Waals surface area contributed by atoms with Crippen LogP contribution in [-0.4, -0.2) is 23.3 Å². The lowest BCUT2D eigenvalue weighted by atomic mass is 10.0. The van der Waals surface area contributed by atoms with Gasteiger partial charge in [-0.15, -0.1) is 0 Å². The zero-order chi connectivity index (χ0) is 13.0. The summed E-state index contributed by atoms with van der Waals surface area (Å²) in [7, 11) is 1.46. The van der Waals surface area contributed by atoms with Crippen LogP contribution in [0.3, 0.4) is 0 Å². The van der Waals surface area contributed by atoms with E-state index in [-0.39, 0.29) is 12.2 Å². The summed E-state index contributed by atoms with van der Waals surface area (Å²) in [5, 5.41) is 19.0. The van der Waals surface area contributed by atoms with Crippen LogP contribution < -0.4 is 4.74 Å². The quantitative estimate of drug-likeness (QED) is 0.852. The molecule has 0 saturated heterocycles. The Kier molecular flexibility index (Phi) is 4.63. The van der Waals surface area contributed by atoms with E-state index in [1.54, 1.807) is 13.0 Å². The van der Waals surface area contributed by atoms with Gasteiger partial charge in [0.1, 0.15) is 0 Å². The van der Waals surface area contributed by atoms with Gasteiger partial charge < -0.3 is 14.9 Å². The highest BCUT2D eigenvalue weighted by Crippen LogP contribution is 2.38. The van der Waals surface area contributed by atoms with Crippen LogP contribution in [0.1, 0.15) is 24.0 Å². The fourth-order valence-electron chi connectivity index (χ4n) is 1.63. The first-order valence-electron chi connectivity index (χ1n) is 5.24. The summed E-state index contributed by atoms with van der Waals surface area (Å²) in [6, 6.07) is 1.65. The Labute approximate surface area is 105 Å². The third-order valence-electron chi connectivity index (χ3n) is 2.56.